The predicted molar refractivity (Wildman–Crippen MR) is 96.0 cm³/mol. The molecule has 0 amide bonds. The van der Waals surface area contributed by atoms with Gasteiger partial charge in [0.05, 0.1) is 0 Å². The maximum Gasteiger partial charge on any atom is 0.134 e. The smallest absolute Gasteiger partial charge is 0.134 e. The highest BCUT2D eigenvalue weighted by atomic mass is 15.2. The number of aromatic nitrogens is 2. The Morgan fingerprint density at radius 3 is 2.78 bits per heavy atom. The van der Waals surface area contributed by atoms with E-state index >= 15 is 0 Å². The summed E-state index contributed by atoms with van der Waals surface area (Å²) >= 11 is 0. The summed E-state index contributed by atoms with van der Waals surface area (Å²) in [4.78, 5) is 11.5. The number of nitrogens with zero attached hydrogens (tertiary/aromatic N) is 3. The average Bonchev–Trinajstić information content (AvgIpc) is 2.58. The lowest BCUT2D eigenvalue weighted by Gasteiger charge is -2.30. The van der Waals surface area contributed by atoms with Gasteiger partial charge in [-0.1, -0.05) is 44.0 Å². The molecule has 0 spiro atoms. The fourth-order valence-corrected chi connectivity index (χ4v) is 3.09. The Labute approximate surface area is 139 Å². The van der Waals surface area contributed by atoms with Crippen LogP contribution in [0.3, 0.4) is 0 Å². The fourth-order valence-electron chi connectivity index (χ4n) is 3.09. The summed E-state index contributed by atoms with van der Waals surface area (Å²) in [7, 11) is 0. The normalized spacial score (nSPS) is 13.7. The molecule has 0 fully saturated rings. The number of anilines is 2. The number of hydrogen-bond acceptors (Lipinski definition) is 4. The van der Waals surface area contributed by atoms with Gasteiger partial charge in [-0.2, -0.15) is 0 Å². The second-order valence-electron chi connectivity index (χ2n) is 6.23. The highest BCUT2D eigenvalue weighted by molar-refractivity contribution is 5.51. The first-order chi connectivity index (χ1) is 11.3. The highest BCUT2D eigenvalue weighted by Crippen LogP contribution is 2.24. The van der Waals surface area contributed by atoms with Crippen LogP contribution in [0, 0.1) is 6.92 Å². The summed E-state index contributed by atoms with van der Waals surface area (Å²) in [5.74, 6) is 2.81. The lowest BCUT2D eigenvalue weighted by atomic mass is 10.00. The van der Waals surface area contributed by atoms with Gasteiger partial charge in [-0.15, -0.1) is 0 Å². The SMILES string of the molecule is CCCCCNc1cc(N2CCc3ccccc3C2)nc(C)n1. The molecule has 2 heterocycles. The maximum absolute atomic E-state index is 4.65. The van der Waals surface area contributed by atoms with Crippen LogP contribution in [0.4, 0.5) is 11.6 Å². The van der Waals surface area contributed by atoms with E-state index in [0.29, 0.717) is 0 Å². The molecule has 0 saturated heterocycles. The number of fused-ring (bicyclic) bond motifs is 1. The first kappa shape index (κ1) is 15.8. The van der Waals surface area contributed by atoms with Crippen molar-refractivity contribution >= 4 is 11.6 Å². The monoisotopic (exact) mass is 310 g/mol. The Hall–Kier alpha value is -2.10. The molecule has 0 radical (unpaired) electrons. The number of rotatable bonds is 6. The molecular weight excluding hydrogens is 284 g/mol. The van der Waals surface area contributed by atoms with Gasteiger partial charge in [-0.05, 0) is 30.9 Å². The van der Waals surface area contributed by atoms with Gasteiger partial charge in [-0.25, -0.2) is 9.97 Å². The summed E-state index contributed by atoms with van der Waals surface area (Å²) in [6.45, 7) is 7.12. The van der Waals surface area contributed by atoms with Gasteiger partial charge < -0.3 is 10.2 Å². The topological polar surface area (TPSA) is 41.0 Å². The predicted octanol–water partition coefficient (Wildman–Crippen LogP) is 3.95. The van der Waals surface area contributed by atoms with E-state index in [0.717, 1.165) is 43.5 Å². The maximum atomic E-state index is 4.65. The lowest BCUT2D eigenvalue weighted by Crippen LogP contribution is -2.31. The van der Waals surface area contributed by atoms with Crippen LogP contribution in [0.25, 0.3) is 0 Å². The lowest BCUT2D eigenvalue weighted by molar-refractivity contribution is 0.716. The number of nitrogens with one attached hydrogen (secondary N) is 1. The van der Waals surface area contributed by atoms with Crippen LogP contribution in [0.15, 0.2) is 30.3 Å². The molecule has 0 aliphatic carbocycles. The first-order valence-corrected chi connectivity index (χ1v) is 8.67. The van der Waals surface area contributed by atoms with Crippen LogP contribution in [0.1, 0.15) is 43.1 Å². The second-order valence-corrected chi connectivity index (χ2v) is 6.23. The minimum atomic E-state index is 0.833. The zero-order chi connectivity index (χ0) is 16.1. The molecule has 122 valence electrons. The van der Waals surface area contributed by atoms with E-state index in [-0.39, 0.29) is 0 Å². The van der Waals surface area contributed by atoms with E-state index in [9.17, 15) is 0 Å². The van der Waals surface area contributed by atoms with Crippen molar-refractivity contribution in [2.45, 2.75) is 46.1 Å². The van der Waals surface area contributed by atoms with Crippen molar-refractivity contribution in [3.8, 4) is 0 Å². The standard InChI is InChI=1S/C19H26N4/c1-3-4-7-11-20-18-13-19(22-15(2)21-18)23-12-10-16-8-5-6-9-17(16)14-23/h5-6,8-9,13H,3-4,7,10-12,14H2,1-2H3,(H,20,21,22). The highest BCUT2D eigenvalue weighted by Gasteiger charge is 2.17. The van der Waals surface area contributed by atoms with E-state index < -0.39 is 0 Å². The second kappa shape index (κ2) is 7.44. The Morgan fingerprint density at radius 2 is 1.96 bits per heavy atom. The molecule has 0 bridgehead atoms. The van der Waals surface area contributed by atoms with E-state index in [1.807, 2.05) is 6.92 Å². The van der Waals surface area contributed by atoms with Crippen LogP contribution >= 0.6 is 0 Å². The summed E-state index contributed by atoms with van der Waals surface area (Å²) < 4.78 is 0. The van der Waals surface area contributed by atoms with Crippen LogP contribution in [0.2, 0.25) is 0 Å². The molecule has 4 heteroatoms. The Balaban J connectivity index is 1.71. The average molecular weight is 310 g/mol. The van der Waals surface area contributed by atoms with Gasteiger partial charge in [0.2, 0.25) is 0 Å². The number of hydrogen-bond donors (Lipinski definition) is 1. The van der Waals surface area contributed by atoms with E-state index in [1.54, 1.807) is 0 Å². The number of benzene rings is 1. The van der Waals surface area contributed by atoms with Gasteiger partial charge >= 0.3 is 0 Å². The van der Waals surface area contributed by atoms with Gasteiger partial charge in [0.15, 0.2) is 0 Å². The Bertz CT molecular complexity index is 654. The van der Waals surface area contributed by atoms with Gasteiger partial charge in [0.1, 0.15) is 17.5 Å². The zero-order valence-corrected chi connectivity index (χ0v) is 14.2. The van der Waals surface area contributed by atoms with Crippen LogP contribution in [-0.4, -0.2) is 23.1 Å². The zero-order valence-electron chi connectivity index (χ0n) is 14.2. The number of unbranched alkanes of at least 4 members (excludes halogenated alkanes) is 2. The molecule has 1 aliphatic heterocycles. The molecule has 0 atom stereocenters. The molecule has 1 N–H and O–H groups in total. The third kappa shape index (κ3) is 4.01. The van der Waals surface area contributed by atoms with Crippen LogP contribution < -0.4 is 10.2 Å². The largest absolute Gasteiger partial charge is 0.370 e. The van der Waals surface area contributed by atoms with Gasteiger partial charge in [0, 0.05) is 25.7 Å². The minimum absolute atomic E-state index is 0.833. The Morgan fingerprint density at radius 1 is 1.13 bits per heavy atom. The number of aryl methyl sites for hydroxylation is 1. The molecular formula is C19H26N4. The molecule has 0 unspecified atom stereocenters. The molecule has 23 heavy (non-hydrogen) atoms. The Kier molecular flexibility index (Phi) is 5.11. The summed E-state index contributed by atoms with van der Waals surface area (Å²) in [6, 6.07) is 10.8. The first-order valence-electron chi connectivity index (χ1n) is 8.67. The van der Waals surface area contributed by atoms with Crippen LogP contribution in [0.5, 0.6) is 0 Å². The molecule has 1 aromatic heterocycles. The molecule has 1 aromatic carbocycles. The summed E-state index contributed by atoms with van der Waals surface area (Å²) in [6.07, 6.45) is 4.76. The summed E-state index contributed by atoms with van der Waals surface area (Å²) in [5.41, 5.74) is 2.87. The van der Waals surface area contributed by atoms with Crippen LogP contribution in [-0.2, 0) is 13.0 Å². The molecule has 3 rings (SSSR count). The van der Waals surface area contributed by atoms with E-state index in [2.05, 4.69) is 57.4 Å². The van der Waals surface area contributed by atoms with Crippen molar-refractivity contribution in [2.24, 2.45) is 0 Å². The van der Waals surface area contributed by atoms with Crippen molar-refractivity contribution in [3.63, 3.8) is 0 Å². The van der Waals surface area contributed by atoms with Crippen molar-refractivity contribution in [3.05, 3.63) is 47.3 Å². The van der Waals surface area contributed by atoms with Gasteiger partial charge in [0.25, 0.3) is 0 Å². The van der Waals surface area contributed by atoms with E-state index in [1.165, 1.54) is 30.4 Å². The van der Waals surface area contributed by atoms with Crippen molar-refractivity contribution in [1.29, 1.82) is 0 Å². The molecule has 0 saturated carbocycles. The third-order valence-corrected chi connectivity index (χ3v) is 4.37. The van der Waals surface area contributed by atoms with Crippen molar-refractivity contribution < 1.29 is 0 Å². The van der Waals surface area contributed by atoms with Gasteiger partial charge in [-0.3, -0.25) is 0 Å². The minimum Gasteiger partial charge on any atom is -0.370 e. The van der Waals surface area contributed by atoms with Crippen molar-refractivity contribution in [1.82, 2.24) is 9.97 Å². The third-order valence-electron chi connectivity index (χ3n) is 4.37. The fraction of sp³-hybridized carbons (Fsp3) is 0.474. The molecule has 1 aliphatic rings. The summed E-state index contributed by atoms with van der Waals surface area (Å²) in [5, 5.41) is 3.44. The van der Waals surface area contributed by atoms with E-state index in [4.69, 9.17) is 0 Å². The molecule has 2 aromatic rings. The van der Waals surface area contributed by atoms with Crippen molar-refractivity contribution in [2.75, 3.05) is 23.3 Å². The molecule has 4 nitrogen and oxygen atoms in total. The quantitative estimate of drug-likeness (QED) is 0.820.